The molecule has 0 spiro atoms. The van der Waals surface area contributed by atoms with E-state index in [0.717, 1.165) is 0 Å². The highest BCUT2D eigenvalue weighted by Crippen LogP contribution is 2.15. The van der Waals surface area contributed by atoms with Gasteiger partial charge in [0.05, 0.1) is 0 Å². The van der Waals surface area contributed by atoms with E-state index in [2.05, 4.69) is 5.32 Å². The van der Waals surface area contributed by atoms with Gasteiger partial charge in [0.15, 0.2) is 0 Å². The number of nitrogens with two attached hydrogens (primary N) is 1. The average Bonchev–Trinajstić information content (AvgIpc) is 2.34. The Morgan fingerprint density at radius 3 is 2.11 bits per heavy atom. The van der Waals surface area contributed by atoms with Gasteiger partial charge in [0, 0.05) is 24.2 Å². The third-order valence-electron chi connectivity index (χ3n) is 3.24. The lowest BCUT2D eigenvalue weighted by Gasteiger charge is -2.26. The first-order valence-corrected chi connectivity index (χ1v) is 6.04. The maximum atomic E-state index is 13.4. The van der Waals surface area contributed by atoms with Crippen LogP contribution in [0.2, 0.25) is 0 Å². The van der Waals surface area contributed by atoms with Gasteiger partial charge in [-0.05, 0) is 12.8 Å². The van der Waals surface area contributed by atoms with Gasteiger partial charge in [0.25, 0.3) is 5.91 Å². The fraction of sp³-hybridized carbons (Fsp3) is 0.462. The Hall–Kier alpha value is -1.56. The number of rotatable bonds is 5. The topological polar surface area (TPSA) is 55.1 Å². The van der Waals surface area contributed by atoms with Gasteiger partial charge >= 0.3 is 0 Å². The maximum absolute atomic E-state index is 13.4. The minimum absolute atomic E-state index is 0.0924. The van der Waals surface area contributed by atoms with Crippen molar-refractivity contribution in [2.24, 2.45) is 5.73 Å². The number of hydrogen-bond donors (Lipinski definition) is 2. The number of amides is 1. The lowest BCUT2D eigenvalue weighted by Crippen LogP contribution is -2.49. The van der Waals surface area contributed by atoms with Gasteiger partial charge in [0.1, 0.15) is 23.0 Å². The Morgan fingerprint density at radius 2 is 1.68 bits per heavy atom. The predicted molar refractivity (Wildman–Crippen MR) is 66.1 cm³/mol. The van der Waals surface area contributed by atoms with Gasteiger partial charge in [-0.2, -0.15) is 0 Å². The number of benzene rings is 1. The van der Waals surface area contributed by atoms with Crippen molar-refractivity contribution in [3.8, 4) is 0 Å². The lowest BCUT2D eigenvalue weighted by molar-refractivity contribution is 0.0933. The molecule has 6 heteroatoms. The largest absolute Gasteiger partial charge is 0.350 e. The predicted octanol–water partition coefficient (Wildman–Crippen LogP) is 2.35. The van der Waals surface area contributed by atoms with E-state index in [1.807, 2.05) is 13.8 Å². The third kappa shape index (κ3) is 3.70. The van der Waals surface area contributed by atoms with Crippen molar-refractivity contribution in [2.45, 2.75) is 32.2 Å². The molecule has 0 aliphatic carbocycles. The molecule has 0 aliphatic heterocycles. The Labute approximate surface area is 110 Å². The minimum atomic E-state index is -1.23. The number of halogens is 3. The molecule has 0 radical (unpaired) electrons. The highest BCUT2D eigenvalue weighted by molar-refractivity contribution is 5.94. The second-order valence-corrected chi connectivity index (χ2v) is 4.50. The van der Waals surface area contributed by atoms with Crippen LogP contribution in [-0.4, -0.2) is 18.0 Å². The summed E-state index contributed by atoms with van der Waals surface area (Å²) < 4.78 is 39.5. The summed E-state index contributed by atoms with van der Waals surface area (Å²) in [4.78, 5) is 11.7. The van der Waals surface area contributed by atoms with Gasteiger partial charge < -0.3 is 11.1 Å². The molecule has 106 valence electrons. The molecule has 0 fully saturated rings. The molecule has 3 nitrogen and oxygen atoms in total. The summed E-state index contributed by atoms with van der Waals surface area (Å²) in [6.45, 7) is 3.80. The van der Waals surface area contributed by atoms with E-state index in [1.165, 1.54) is 0 Å². The molecule has 1 amide bonds. The molecule has 1 aromatic carbocycles. The first-order valence-electron chi connectivity index (χ1n) is 6.04. The SMILES string of the molecule is CCC(N)(CC)CNC(=O)c1c(F)cc(F)cc1F. The third-order valence-corrected chi connectivity index (χ3v) is 3.24. The van der Waals surface area contributed by atoms with E-state index < -0.39 is 34.5 Å². The smallest absolute Gasteiger partial charge is 0.257 e. The molecule has 1 aromatic rings. The fourth-order valence-corrected chi connectivity index (χ4v) is 1.60. The van der Waals surface area contributed by atoms with Crippen molar-refractivity contribution in [1.82, 2.24) is 5.32 Å². The van der Waals surface area contributed by atoms with Crippen LogP contribution < -0.4 is 11.1 Å². The summed E-state index contributed by atoms with van der Waals surface area (Å²) in [5.41, 5.74) is 4.54. The summed E-state index contributed by atoms with van der Waals surface area (Å²) in [7, 11) is 0. The molecule has 0 heterocycles. The number of hydrogen-bond acceptors (Lipinski definition) is 2. The number of nitrogens with one attached hydrogen (secondary N) is 1. The quantitative estimate of drug-likeness (QED) is 0.866. The van der Waals surface area contributed by atoms with Crippen LogP contribution in [0, 0.1) is 17.5 Å². The Morgan fingerprint density at radius 1 is 1.21 bits per heavy atom. The van der Waals surface area contributed by atoms with Crippen molar-refractivity contribution < 1.29 is 18.0 Å². The monoisotopic (exact) mass is 274 g/mol. The van der Waals surface area contributed by atoms with Crippen molar-refractivity contribution in [3.05, 3.63) is 35.1 Å². The van der Waals surface area contributed by atoms with E-state index in [-0.39, 0.29) is 6.54 Å². The van der Waals surface area contributed by atoms with E-state index in [1.54, 1.807) is 0 Å². The van der Waals surface area contributed by atoms with E-state index in [9.17, 15) is 18.0 Å². The van der Waals surface area contributed by atoms with Crippen LogP contribution in [0.15, 0.2) is 12.1 Å². The van der Waals surface area contributed by atoms with Crippen LogP contribution >= 0.6 is 0 Å². The van der Waals surface area contributed by atoms with Gasteiger partial charge in [-0.15, -0.1) is 0 Å². The number of carbonyl (C=O) groups excluding carboxylic acids is 1. The van der Waals surface area contributed by atoms with Gasteiger partial charge in [-0.25, -0.2) is 13.2 Å². The van der Waals surface area contributed by atoms with Crippen LogP contribution in [0.1, 0.15) is 37.0 Å². The summed E-state index contributed by atoms with van der Waals surface area (Å²) >= 11 is 0. The molecule has 19 heavy (non-hydrogen) atoms. The maximum Gasteiger partial charge on any atom is 0.257 e. The molecule has 1 rings (SSSR count). The zero-order chi connectivity index (χ0) is 14.6. The highest BCUT2D eigenvalue weighted by Gasteiger charge is 2.24. The van der Waals surface area contributed by atoms with Crippen molar-refractivity contribution in [3.63, 3.8) is 0 Å². The molecule has 0 aromatic heterocycles. The highest BCUT2D eigenvalue weighted by atomic mass is 19.1. The second kappa shape index (κ2) is 6.06. The zero-order valence-corrected chi connectivity index (χ0v) is 10.9. The second-order valence-electron chi connectivity index (χ2n) is 4.50. The molecule has 3 N–H and O–H groups in total. The van der Waals surface area contributed by atoms with E-state index in [0.29, 0.717) is 25.0 Å². The van der Waals surface area contributed by atoms with Gasteiger partial charge in [-0.3, -0.25) is 4.79 Å². The molecular weight excluding hydrogens is 257 g/mol. The molecule has 0 aliphatic rings. The van der Waals surface area contributed by atoms with Crippen molar-refractivity contribution in [1.29, 1.82) is 0 Å². The lowest BCUT2D eigenvalue weighted by atomic mass is 9.94. The molecule has 0 atom stereocenters. The Bertz CT molecular complexity index is 450. The van der Waals surface area contributed by atoms with E-state index >= 15 is 0 Å². The normalized spacial score (nSPS) is 11.5. The first kappa shape index (κ1) is 15.5. The molecule has 0 saturated carbocycles. The van der Waals surface area contributed by atoms with Crippen LogP contribution in [-0.2, 0) is 0 Å². The van der Waals surface area contributed by atoms with Crippen molar-refractivity contribution in [2.75, 3.05) is 6.54 Å². The average molecular weight is 274 g/mol. The summed E-state index contributed by atoms with van der Waals surface area (Å²) in [5.74, 6) is -4.47. The first-order chi connectivity index (χ1) is 8.83. The Kier molecular flexibility index (Phi) is 4.94. The summed E-state index contributed by atoms with van der Waals surface area (Å²) in [5, 5.41) is 2.38. The molecular formula is C13H17F3N2O. The fourth-order valence-electron chi connectivity index (χ4n) is 1.60. The van der Waals surface area contributed by atoms with Crippen molar-refractivity contribution >= 4 is 5.91 Å². The summed E-state index contributed by atoms with van der Waals surface area (Å²) in [6.07, 6.45) is 1.22. The standard InChI is InChI=1S/C13H17F3N2O/c1-3-13(17,4-2)7-18-12(19)11-9(15)5-8(14)6-10(11)16/h5-6H,3-4,7,17H2,1-2H3,(H,18,19). The number of carbonyl (C=O) groups is 1. The molecule has 0 bridgehead atoms. The molecule has 0 unspecified atom stereocenters. The molecule has 0 saturated heterocycles. The van der Waals surface area contributed by atoms with Crippen LogP contribution in [0.25, 0.3) is 0 Å². The van der Waals surface area contributed by atoms with Crippen LogP contribution in [0.5, 0.6) is 0 Å². The van der Waals surface area contributed by atoms with Crippen LogP contribution in [0.4, 0.5) is 13.2 Å². The Balaban J connectivity index is 2.85. The van der Waals surface area contributed by atoms with Crippen LogP contribution in [0.3, 0.4) is 0 Å². The summed E-state index contributed by atoms with van der Waals surface area (Å²) in [6, 6.07) is 0.931. The van der Waals surface area contributed by atoms with E-state index in [4.69, 9.17) is 5.73 Å². The zero-order valence-electron chi connectivity index (χ0n) is 10.9. The van der Waals surface area contributed by atoms with Gasteiger partial charge in [0.2, 0.25) is 0 Å². The minimum Gasteiger partial charge on any atom is -0.350 e. The van der Waals surface area contributed by atoms with Gasteiger partial charge in [-0.1, -0.05) is 13.8 Å².